The first kappa shape index (κ1) is 21.8. The number of halogens is 1. The van der Waals surface area contributed by atoms with E-state index in [2.05, 4.69) is 30.1 Å². The minimum Gasteiger partial charge on any atom is -0.473 e. The highest BCUT2D eigenvalue weighted by Gasteiger charge is 2.27. The normalized spacial score (nSPS) is 14.6. The van der Waals surface area contributed by atoms with Gasteiger partial charge in [0.15, 0.2) is 5.82 Å². The number of aromatic nitrogens is 6. The molecular weight excluding hydrogens is 439 g/mol. The Balaban J connectivity index is 1.36. The van der Waals surface area contributed by atoms with E-state index in [-0.39, 0.29) is 23.1 Å². The van der Waals surface area contributed by atoms with Crippen LogP contribution in [0.15, 0.2) is 29.0 Å². The summed E-state index contributed by atoms with van der Waals surface area (Å²) in [5.41, 5.74) is 1.96. The highest BCUT2D eigenvalue weighted by molar-refractivity contribution is 5.92. The molecule has 4 heterocycles. The number of piperidine rings is 1. The Kier molecular flexibility index (Phi) is 5.57. The molecule has 0 spiro atoms. The largest absolute Gasteiger partial charge is 0.473 e. The number of hydrogen-bond acceptors (Lipinski definition) is 9. The van der Waals surface area contributed by atoms with Crippen LogP contribution in [0.4, 0.5) is 10.4 Å². The van der Waals surface area contributed by atoms with E-state index in [0.29, 0.717) is 47.5 Å². The quantitative estimate of drug-likeness (QED) is 0.438. The van der Waals surface area contributed by atoms with Gasteiger partial charge < -0.3 is 14.2 Å². The van der Waals surface area contributed by atoms with Crippen LogP contribution in [0.1, 0.15) is 44.0 Å². The zero-order chi connectivity index (χ0) is 23.8. The number of benzene rings is 1. The van der Waals surface area contributed by atoms with Gasteiger partial charge in [-0.25, -0.2) is 9.37 Å². The van der Waals surface area contributed by atoms with Crippen molar-refractivity contribution < 1.29 is 13.7 Å². The number of anilines is 1. The van der Waals surface area contributed by atoms with Crippen molar-refractivity contribution in [1.82, 2.24) is 29.9 Å². The van der Waals surface area contributed by atoms with Gasteiger partial charge in [-0.3, -0.25) is 4.68 Å². The summed E-state index contributed by atoms with van der Waals surface area (Å²) in [6, 6.07) is 6.75. The van der Waals surface area contributed by atoms with E-state index >= 15 is 0 Å². The number of aryl methyl sites for hydroxylation is 1. The smallest absolute Gasteiger partial charge is 0.324 e. The Bertz CT molecular complexity index is 1380. The van der Waals surface area contributed by atoms with E-state index in [4.69, 9.17) is 14.5 Å². The van der Waals surface area contributed by atoms with Crippen molar-refractivity contribution in [2.45, 2.75) is 38.7 Å². The zero-order valence-electron chi connectivity index (χ0n) is 19.1. The lowest BCUT2D eigenvalue weighted by Crippen LogP contribution is -2.38. The minimum absolute atomic E-state index is 0.0631. The lowest BCUT2D eigenvalue weighted by Gasteiger charge is -2.30. The summed E-state index contributed by atoms with van der Waals surface area (Å²) < 4.78 is 27.9. The minimum atomic E-state index is -0.533. The van der Waals surface area contributed by atoms with Crippen LogP contribution in [0.3, 0.4) is 0 Å². The van der Waals surface area contributed by atoms with Crippen LogP contribution in [-0.4, -0.2) is 49.1 Å². The van der Waals surface area contributed by atoms with Crippen molar-refractivity contribution in [3.8, 4) is 23.2 Å². The first-order valence-corrected chi connectivity index (χ1v) is 11.1. The van der Waals surface area contributed by atoms with Crippen molar-refractivity contribution in [2.24, 2.45) is 7.05 Å². The van der Waals surface area contributed by atoms with Gasteiger partial charge in [-0.15, -0.1) is 0 Å². The van der Waals surface area contributed by atoms with Gasteiger partial charge in [0, 0.05) is 44.5 Å². The SMILES string of the molecule is CC(C)c1noc(N2CCC(Oc3ncnc4c(-c5ccc(C#N)cc5F)nn(C)c34)CC2)n1. The molecular formula is C23H23FN8O2. The third kappa shape index (κ3) is 3.91. The molecule has 5 rings (SSSR count). The second-order valence-electron chi connectivity index (χ2n) is 8.55. The summed E-state index contributed by atoms with van der Waals surface area (Å²) in [6.45, 7) is 5.48. The molecule has 0 aliphatic carbocycles. The van der Waals surface area contributed by atoms with Gasteiger partial charge in [-0.1, -0.05) is 19.0 Å². The average Bonchev–Trinajstić information content (AvgIpc) is 3.46. The molecule has 3 aromatic heterocycles. The predicted molar refractivity (Wildman–Crippen MR) is 121 cm³/mol. The summed E-state index contributed by atoms with van der Waals surface area (Å²) in [5.74, 6) is 0.773. The molecule has 0 atom stereocenters. The van der Waals surface area contributed by atoms with Crippen molar-refractivity contribution in [2.75, 3.05) is 18.0 Å². The van der Waals surface area contributed by atoms with Gasteiger partial charge in [0.1, 0.15) is 35.0 Å². The molecule has 0 unspecified atom stereocenters. The maximum atomic E-state index is 14.7. The van der Waals surface area contributed by atoms with Crippen molar-refractivity contribution in [1.29, 1.82) is 5.26 Å². The van der Waals surface area contributed by atoms with Crippen LogP contribution in [0, 0.1) is 17.1 Å². The summed E-state index contributed by atoms with van der Waals surface area (Å²) in [5, 5.41) is 17.5. The third-order valence-electron chi connectivity index (χ3n) is 5.88. The summed E-state index contributed by atoms with van der Waals surface area (Å²) in [4.78, 5) is 15.2. The van der Waals surface area contributed by atoms with Crippen LogP contribution in [0.25, 0.3) is 22.3 Å². The lowest BCUT2D eigenvalue weighted by molar-refractivity contribution is 0.163. The molecule has 1 saturated heterocycles. The molecule has 4 aromatic rings. The van der Waals surface area contributed by atoms with Crippen molar-refractivity contribution >= 4 is 17.0 Å². The first-order valence-electron chi connectivity index (χ1n) is 11.1. The Morgan fingerprint density at radius 1 is 1.24 bits per heavy atom. The fourth-order valence-corrected chi connectivity index (χ4v) is 4.03. The van der Waals surface area contributed by atoms with E-state index in [1.165, 1.54) is 18.5 Å². The van der Waals surface area contributed by atoms with Gasteiger partial charge in [0.05, 0.1) is 11.6 Å². The molecule has 1 aliphatic rings. The highest BCUT2D eigenvalue weighted by atomic mass is 19.1. The fraction of sp³-hybridized carbons (Fsp3) is 0.391. The standard InChI is InChI=1S/C23H23FN8O2/c1-13(2)21-28-23(34-30-21)32-8-6-15(7-9-32)33-22-20-19(26-12-27-22)18(29-31(20)3)16-5-4-14(11-25)10-17(16)24/h4-5,10,12-13,15H,6-9H2,1-3H3. The molecule has 1 aromatic carbocycles. The van der Waals surface area contributed by atoms with Gasteiger partial charge in [-0.05, 0) is 18.2 Å². The molecule has 34 heavy (non-hydrogen) atoms. The first-order chi connectivity index (χ1) is 16.4. The molecule has 0 radical (unpaired) electrons. The third-order valence-corrected chi connectivity index (χ3v) is 5.88. The molecule has 0 N–H and O–H groups in total. The zero-order valence-corrected chi connectivity index (χ0v) is 19.1. The van der Waals surface area contributed by atoms with Crippen LogP contribution >= 0.6 is 0 Å². The number of hydrogen-bond donors (Lipinski definition) is 0. The van der Waals surface area contributed by atoms with Crippen molar-refractivity contribution in [3.63, 3.8) is 0 Å². The molecule has 11 heteroatoms. The summed E-state index contributed by atoms with van der Waals surface area (Å²) >= 11 is 0. The number of nitrogens with zero attached hydrogens (tertiary/aromatic N) is 8. The number of fused-ring (bicyclic) bond motifs is 1. The molecule has 0 saturated carbocycles. The lowest BCUT2D eigenvalue weighted by atomic mass is 10.1. The Morgan fingerprint density at radius 2 is 2.03 bits per heavy atom. The van der Waals surface area contributed by atoms with E-state index in [9.17, 15) is 4.39 Å². The predicted octanol–water partition coefficient (Wildman–Crippen LogP) is 3.60. The summed E-state index contributed by atoms with van der Waals surface area (Å²) in [6.07, 6.45) is 2.83. The van der Waals surface area contributed by atoms with Gasteiger partial charge in [0.2, 0.25) is 5.88 Å². The van der Waals surface area contributed by atoms with Gasteiger partial charge in [0.25, 0.3) is 0 Å². The molecule has 174 valence electrons. The topological polar surface area (TPSA) is 119 Å². The second kappa shape index (κ2) is 8.70. The second-order valence-corrected chi connectivity index (χ2v) is 8.55. The number of rotatable bonds is 5. The molecule has 0 bridgehead atoms. The van der Waals surface area contributed by atoms with E-state index < -0.39 is 5.82 Å². The number of nitriles is 1. The monoisotopic (exact) mass is 462 g/mol. The maximum Gasteiger partial charge on any atom is 0.324 e. The van der Waals surface area contributed by atoms with Crippen LogP contribution in [0.2, 0.25) is 0 Å². The molecule has 1 fully saturated rings. The molecule has 1 aliphatic heterocycles. The van der Waals surface area contributed by atoms with Crippen LogP contribution in [-0.2, 0) is 7.05 Å². The maximum absolute atomic E-state index is 14.7. The van der Waals surface area contributed by atoms with Crippen molar-refractivity contribution in [3.05, 3.63) is 41.7 Å². The molecule has 0 amide bonds. The Hall–Kier alpha value is -4.07. The van der Waals surface area contributed by atoms with Gasteiger partial charge in [-0.2, -0.15) is 20.3 Å². The fourth-order valence-electron chi connectivity index (χ4n) is 4.03. The van der Waals surface area contributed by atoms with E-state index in [0.717, 1.165) is 12.8 Å². The average molecular weight is 462 g/mol. The van der Waals surface area contributed by atoms with Crippen LogP contribution < -0.4 is 9.64 Å². The Labute approximate surface area is 195 Å². The summed E-state index contributed by atoms with van der Waals surface area (Å²) in [7, 11) is 1.74. The van der Waals surface area contributed by atoms with Crippen LogP contribution in [0.5, 0.6) is 5.88 Å². The van der Waals surface area contributed by atoms with E-state index in [1.807, 2.05) is 19.9 Å². The van der Waals surface area contributed by atoms with E-state index in [1.54, 1.807) is 17.8 Å². The van der Waals surface area contributed by atoms with Gasteiger partial charge >= 0.3 is 6.01 Å². The molecule has 10 nitrogen and oxygen atoms in total. The highest BCUT2D eigenvalue weighted by Crippen LogP contribution is 2.33. The Morgan fingerprint density at radius 3 is 2.71 bits per heavy atom. The number of ether oxygens (including phenoxy) is 1.